The molecule has 5 heteroatoms. The van der Waals surface area contributed by atoms with Crippen molar-refractivity contribution >= 4 is 0 Å². The van der Waals surface area contributed by atoms with E-state index >= 15 is 0 Å². The van der Waals surface area contributed by atoms with E-state index in [9.17, 15) is 17.6 Å². The van der Waals surface area contributed by atoms with E-state index in [1.807, 2.05) is 13.0 Å². The second-order valence-corrected chi connectivity index (χ2v) is 8.43. The third-order valence-electron chi connectivity index (χ3n) is 6.59. The monoisotopic (exact) mass is 410 g/mol. The Morgan fingerprint density at radius 2 is 1.52 bits per heavy atom. The average molecular weight is 410 g/mol. The molecule has 0 bridgehead atoms. The van der Waals surface area contributed by atoms with Crippen molar-refractivity contribution in [3.8, 4) is 5.75 Å². The molecule has 2 aliphatic rings. The van der Waals surface area contributed by atoms with Crippen LogP contribution in [-0.4, -0.2) is 6.36 Å². The third kappa shape index (κ3) is 6.35. The van der Waals surface area contributed by atoms with Gasteiger partial charge in [0.2, 0.25) is 0 Å². The van der Waals surface area contributed by atoms with Gasteiger partial charge < -0.3 is 4.74 Å². The van der Waals surface area contributed by atoms with Crippen molar-refractivity contribution < 1.29 is 22.3 Å². The fourth-order valence-corrected chi connectivity index (χ4v) is 5.04. The molecule has 160 valence electrons. The SMILES string of the molecule is C/C=C/C=C/C1CCC(C2CCC(c3ccc(OC(F)(F)F)c(F)c3)CC2)CC1. The van der Waals surface area contributed by atoms with Gasteiger partial charge in [-0.25, -0.2) is 4.39 Å². The van der Waals surface area contributed by atoms with Crippen LogP contribution < -0.4 is 4.74 Å². The maximum atomic E-state index is 14.0. The van der Waals surface area contributed by atoms with E-state index in [1.165, 1.54) is 31.7 Å². The summed E-state index contributed by atoms with van der Waals surface area (Å²) in [7, 11) is 0. The smallest absolute Gasteiger partial charge is 0.403 e. The highest BCUT2D eigenvalue weighted by Crippen LogP contribution is 2.44. The summed E-state index contributed by atoms with van der Waals surface area (Å²) in [5.74, 6) is 0.729. The highest BCUT2D eigenvalue weighted by atomic mass is 19.4. The summed E-state index contributed by atoms with van der Waals surface area (Å²) in [4.78, 5) is 0. The number of allylic oxidation sites excluding steroid dienone is 4. The van der Waals surface area contributed by atoms with Gasteiger partial charge in [-0.3, -0.25) is 0 Å². The zero-order valence-corrected chi connectivity index (χ0v) is 16.9. The number of hydrogen-bond donors (Lipinski definition) is 0. The van der Waals surface area contributed by atoms with E-state index in [2.05, 4.69) is 23.0 Å². The molecule has 0 heterocycles. The lowest BCUT2D eigenvalue weighted by molar-refractivity contribution is -0.275. The molecule has 1 aromatic rings. The lowest BCUT2D eigenvalue weighted by Crippen LogP contribution is -2.25. The lowest BCUT2D eigenvalue weighted by atomic mass is 9.68. The number of benzene rings is 1. The number of alkyl halides is 3. The quantitative estimate of drug-likeness (QED) is 0.354. The van der Waals surface area contributed by atoms with Crippen molar-refractivity contribution in [1.82, 2.24) is 0 Å². The van der Waals surface area contributed by atoms with E-state index in [-0.39, 0.29) is 5.92 Å². The van der Waals surface area contributed by atoms with Gasteiger partial charge >= 0.3 is 6.36 Å². The van der Waals surface area contributed by atoms with Crippen LogP contribution in [0.25, 0.3) is 0 Å². The summed E-state index contributed by atoms with van der Waals surface area (Å²) >= 11 is 0. The fourth-order valence-electron chi connectivity index (χ4n) is 5.04. The molecule has 0 radical (unpaired) electrons. The lowest BCUT2D eigenvalue weighted by Gasteiger charge is -2.37. The number of hydrogen-bond acceptors (Lipinski definition) is 1. The Kier molecular flexibility index (Phi) is 7.42. The minimum absolute atomic E-state index is 0.223. The van der Waals surface area contributed by atoms with Crippen molar-refractivity contribution in [2.24, 2.45) is 17.8 Å². The third-order valence-corrected chi connectivity index (χ3v) is 6.59. The van der Waals surface area contributed by atoms with Gasteiger partial charge in [0.05, 0.1) is 0 Å². The predicted molar refractivity (Wildman–Crippen MR) is 107 cm³/mol. The average Bonchev–Trinajstić information content (AvgIpc) is 2.69. The largest absolute Gasteiger partial charge is 0.573 e. The molecule has 0 aromatic heterocycles. The Balaban J connectivity index is 1.49. The Bertz CT molecular complexity index is 706. The zero-order valence-electron chi connectivity index (χ0n) is 16.9. The van der Waals surface area contributed by atoms with Gasteiger partial charge in [-0.1, -0.05) is 30.4 Å². The Morgan fingerprint density at radius 3 is 2.07 bits per heavy atom. The molecular formula is C24H30F4O. The predicted octanol–water partition coefficient (Wildman–Crippen LogP) is 7.94. The van der Waals surface area contributed by atoms with E-state index < -0.39 is 17.9 Å². The molecule has 0 saturated heterocycles. The normalized spacial score (nSPS) is 28.9. The second-order valence-electron chi connectivity index (χ2n) is 8.43. The minimum Gasteiger partial charge on any atom is -0.403 e. The summed E-state index contributed by atoms with van der Waals surface area (Å²) in [6.07, 6.45) is 13.0. The molecule has 2 fully saturated rings. The molecule has 2 aliphatic carbocycles. The molecule has 0 atom stereocenters. The van der Waals surface area contributed by atoms with E-state index in [0.717, 1.165) is 49.1 Å². The molecule has 0 spiro atoms. The molecule has 0 aliphatic heterocycles. The van der Waals surface area contributed by atoms with Crippen LogP contribution in [0, 0.1) is 23.6 Å². The van der Waals surface area contributed by atoms with E-state index in [4.69, 9.17) is 0 Å². The van der Waals surface area contributed by atoms with Crippen LogP contribution in [0.2, 0.25) is 0 Å². The van der Waals surface area contributed by atoms with Crippen molar-refractivity contribution in [1.29, 1.82) is 0 Å². The first-order valence-corrected chi connectivity index (χ1v) is 10.7. The summed E-state index contributed by atoms with van der Waals surface area (Å²) in [5, 5.41) is 0. The summed E-state index contributed by atoms with van der Waals surface area (Å²) in [6.45, 7) is 2.02. The van der Waals surface area contributed by atoms with Gasteiger partial charge in [0, 0.05) is 0 Å². The first kappa shape index (κ1) is 21.9. The number of halogens is 4. The second kappa shape index (κ2) is 9.82. The van der Waals surface area contributed by atoms with Crippen LogP contribution in [0.4, 0.5) is 17.6 Å². The highest BCUT2D eigenvalue weighted by Gasteiger charge is 2.33. The fraction of sp³-hybridized carbons (Fsp3) is 0.583. The van der Waals surface area contributed by atoms with Gasteiger partial charge in [-0.2, -0.15) is 0 Å². The topological polar surface area (TPSA) is 9.23 Å². The summed E-state index contributed by atoms with van der Waals surface area (Å²) in [6, 6.07) is 3.90. The summed E-state index contributed by atoms with van der Waals surface area (Å²) < 4.78 is 54.7. The zero-order chi connectivity index (χ0) is 20.9. The van der Waals surface area contributed by atoms with Crippen molar-refractivity contribution in [2.45, 2.75) is 70.6 Å². The Labute approximate surface area is 170 Å². The van der Waals surface area contributed by atoms with Crippen LogP contribution in [0.1, 0.15) is 69.8 Å². The van der Waals surface area contributed by atoms with Crippen LogP contribution in [0.15, 0.2) is 42.5 Å². The maximum absolute atomic E-state index is 14.0. The molecule has 1 nitrogen and oxygen atoms in total. The molecule has 0 amide bonds. The van der Waals surface area contributed by atoms with Crippen molar-refractivity contribution in [3.63, 3.8) is 0 Å². The summed E-state index contributed by atoms with van der Waals surface area (Å²) in [5.41, 5.74) is 0.785. The first-order chi connectivity index (χ1) is 13.9. The molecule has 0 N–H and O–H groups in total. The molecule has 2 saturated carbocycles. The molecule has 3 rings (SSSR count). The number of rotatable bonds is 5. The molecule has 0 unspecified atom stereocenters. The van der Waals surface area contributed by atoms with Gasteiger partial charge in [0.25, 0.3) is 0 Å². The first-order valence-electron chi connectivity index (χ1n) is 10.7. The Morgan fingerprint density at radius 1 is 0.897 bits per heavy atom. The van der Waals surface area contributed by atoms with E-state index in [1.54, 1.807) is 6.07 Å². The van der Waals surface area contributed by atoms with Gasteiger partial charge in [0.1, 0.15) is 0 Å². The number of ether oxygens (including phenoxy) is 1. The van der Waals surface area contributed by atoms with Gasteiger partial charge in [-0.05, 0) is 99.7 Å². The van der Waals surface area contributed by atoms with Gasteiger partial charge in [-0.15, -0.1) is 13.2 Å². The minimum atomic E-state index is -4.87. The van der Waals surface area contributed by atoms with Crippen LogP contribution in [0.3, 0.4) is 0 Å². The maximum Gasteiger partial charge on any atom is 0.573 e. The Hall–Kier alpha value is -1.78. The van der Waals surface area contributed by atoms with Crippen LogP contribution >= 0.6 is 0 Å². The van der Waals surface area contributed by atoms with Crippen molar-refractivity contribution in [3.05, 3.63) is 53.9 Å². The molecule has 1 aromatic carbocycles. The molecular weight excluding hydrogens is 380 g/mol. The van der Waals surface area contributed by atoms with Crippen LogP contribution in [0.5, 0.6) is 5.75 Å². The van der Waals surface area contributed by atoms with Crippen molar-refractivity contribution in [2.75, 3.05) is 0 Å². The van der Waals surface area contributed by atoms with E-state index in [0.29, 0.717) is 5.92 Å². The molecule has 29 heavy (non-hydrogen) atoms. The van der Waals surface area contributed by atoms with Gasteiger partial charge in [0.15, 0.2) is 11.6 Å². The highest BCUT2D eigenvalue weighted by molar-refractivity contribution is 5.31. The standard InChI is InChI=1S/C24H30F4O/c1-2-3-4-5-17-6-8-18(9-7-17)19-10-12-20(13-11-19)21-14-15-23(22(25)16-21)29-24(26,27)28/h2-5,14-20H,6-13H2,1H3/b3-2+,5-4+. The van der Waals surface area contributed by atoms with Crippen LogP contribution in [-0.2, 0) is 0 Å².